The molecule has 2 atom stereocenters. The number of aromatic carboxylic acids is 1. The number of anilines is 2. The van der Waals surface area contributed by atoms with Crippen LogP contribution in [0.1, 0.15) is 39.8 Å². The number of fused-ring (bicyclic) bond motifs is 2. The van der Waals surface area contributed by atoms with Crippen molar-refractivity contribution < 1.29 is 33.0 Å². The number of rotatable bonds is 6. The van der Waals surface area contributed by atoms with Gasteiger partial charge in [0.2, 0.25) is 0 Å². The average Bonchev–Trinajstić information content (AvgIpc) is 3.56. The highest BCUT2D eigenvalue weighted by Gasteiger charge is 2.30. The lowest BCUT2D eigenvalue weighted by molar-refractivity contribution is 0.0696. The molecule has 0 saturated heterocycles. The van der Waals surface area contributed by atoms with Crippen LogP contribution in [0.4, 0.5) is 16.4 Å². The molecule has 3 N–H and O–H groups in total. The first kappa shape index (κ1) is 22.7. The number of carbonyl (C=O) groups excluding carboxylic acids is 1. The summed E-state index contributed by atoms with van der Waals surface area (Å²) in [4.78, 5) is 46.2. The first-order chi connectivity index (χ1) is 21.0. The van der Waals surface area contributed by atoms with Crippen molar-refractivity contribution >= 4 is 34.7 Å². The Kier molecular flexibility index (Phi) is 5.81. The van der Waals surface area contributed by atoms with Gasteiger partial charge in [0.25, 0.3) is 0 Å². The standard InChI is InChI=1S/C28H28N6O7/c1-33-21-14-29-24(13-20(21)34(28(33)38)18-5-4-17(12-18)30-27(37)39-2)32-25-11-16(26(35)36)9-19(31-25)15-3-6-22-23(10-15)41-8-7-40-22/h3,6,9-11,13-14,17-18H,4-5,7-8,12H2,1-2H3,(H,30,37)(H,35,36)(H,29,31,32)/t17-,18-/m1/s1/i1D3. The molecule has 13 heteroatoms. The van der Waals surface area contributed by atoms with E-state index in [1.54, 1.807) is 18.2 Å². The Bertz CT molecular complexity index is 1840. The van der Waals surface area contributed by atoms with Crippen LogP contribution in [-0.4, -0.2) is 62.6 Å². The maximum Gasteiger partial charge on any atom is 0.407 e. The minimum Gasteiger partial charge on any atom is -0.486 e. The lowest BCUT2D eigenvalue weighted by atomic mass is 10.1. The third-order valence-corrected chi connectivity index (χ3v) is 7.20. The quantitative estimate of drug-likeness (QED) is 0.317. The number of benzene rings is 1. The van der Waals surface area contributed by atoms with Gasteiger partial charge in [-0.2, -0.15) is 0 Å². The topological polar surface area (TPSA) is 159 Å². The third kappa shape index (κ3) is 5.01. The number of alkyl carbamates (subject to hydrolysis) is 1. The summed E-state index contributed by atoms with van der Waals surface area (Å²) in [6.07, 6.45) is 2.17. The summed E-state index contributed by atoms with van der Waals surface area (Å²) < 4.78 is 42.0. The molecule has 0 radical (unpaired) electrons. The number of methoxy groups -OCH3 is 1. The molecule has 1 saturated carbocycles. The van der Waals surface area contributed by atoms with Crippen LogP contribution < -0.4 is 25.8 Å². The van der Waals surface area contributed by atoms with Crippen LogP contribution in [0.5, 0.6) is 11.5 Å². The van der Waals surface area contributed by atoms with Gasteiger partial charge in [-0.15, -0.1) is 0 Å². The van der Waals surface area contributed by atoms with E-state index in [-0.39, 0.29) is 28.8 Å². The summed E-state index contributed by atoms with van der Waals surface area (Å²) in [5.41, 5.74) is 0.612. The van der Waals surface area contributed by atoms with Crippen molar-refractivity contribution in [3.05, 3.63) is 58.6 Å². The van der Waals surface area contributed by atoms with Gasteiger partial charge in [0, 0.05) is 34.8 Å². The van der Waals surface area contributed by atoms with Crippen LogP contribution in [0.3, 0.4) is 0 Å². The van der Waals surface area contributed by atoms with Crippen molar-refractivity contribution in [1.82, 2.24) is 24.4 Å². The number of aryl methyl sites for hydroxylation is 1. The Labute approximate surface area is 237 Å². The number of imidazole rings is 1. The minimum atomic E-state index is -2.77. The molecule has 1 fully saturated rings. The number of pyridine rings is 2. The second kappa shape index (κ2) is 10.5. The van der Waals surface area contributed by atoms with Gasteiger partial charge in [0.1, 0.15) is 24.8 Å². The van der Waals surface area contributed by atoms with Crippen molar-refractivity contribution in [3.8, 4) is 22.8 Å². The molecular formula is C28H28N6O7. The molecule has 1 aromatic carbocycles. The molecule has 4 heterocycles. The summed E-state index contributed by atoms with van der Waals surface area (Å²) in [5.74, 6) is 0.298. The molecule has 1 amide bonds. The van der Waals surface area contributed by atoms with E-state index in [4.69, 9.17) is 13.6 Å². The van der Waals surface area contributed by atoms with Gasteiger partial charge < -0.3 is 30.0 Å². The lowest BCUT2D eigenvalue weighted by Gasteiger charge is -2.19. The first-order valence-corrected chi connectivity index (χ1v) is 12.9. The number of carboxylic acids is 1. The van der Waals surface area contributed by atoms with E-state index in [9.17, 15) is 19.5 Å². The van der Waals surface area contributed by atoms with Gasteiger partial charge >= 0.3 is 17.8 Å². The molecule has 1 aliphatic carbocycles. The predicted molar refractivity (Wildman–Crippen MR) is 148 cm³/mol. The Balaban J connectivity index is 1.38. The van der Waals surface area contributed by atoms with Crippen molar-refractivity contribution in [2.45, 2.75) is 31.3 Å². The van der Waals surface area contributed by atoms with Gasteiger partial charge in [-0.1, -0.05) is 0 Å². The van der Waals surface area contributed by atoms with Gasteiger partial charge in [-0.25, -0.2) is 24.4 Å². The van der Waals surface area contributed by atoms with E-state index < -0.39 is 30.8 Å². The number of carboxylic acid groups (broad SMARTS) is 1. The summed E-state index contributed by atoms with van der Waals surface area (Å²) in [6.45, 7) is -1.95. The van der Waals surface area contributed by atoms with Crippen molar-refractivity contribution in [1.29, 1.82) is 0 Å². The van der Waals surface area contributed by atoms with Crippen LogP contribution in [0.15, 0.2) is 47.4 Å². The summed E-state index contributed by atoms with van der Waals surface area (Å²) in [5, 5.41) is 15.5. The largest absolute Gasteiger partial charge is 0.486 e. The summed E-state index contributed by atoms with van der Waals surface area (Å²) in [6, 6.07) is 8.84. The van der Waals surface area contributed by atoms with Crippen molar-refractivity contribution in [2.24, 2.45) is 6.98 Å². The third-order valence-electron chi connectivity index (χ3n) is 7.20. The zero-order valence-corrected chi connectivity index (χ0v) is 21.9. The molecule has 6 rings (SSSR count). The number of aromatic nitrogens is 4. The van der Waals surface area contributed by atoms with E-state index in [0.717, 1.165) is 4.57 Å². The molecule has 3 aromatic heterocycles. The predicted octanol–water partition coefficient (Wildman–Crippen LogP) is 3.46. The Morgan fingerprint density at radius 2 is 1.93 bits per heavy atom. The Morgan fingerprint density at radius 1 is 1.10 bits per heavy atom. The van der Waals surface area contributed by atoms with Crippen molar-refractivity contribution in [2.75, 3.05) is 25.6 Å². The lowest BCUT2D eigenvalue weighted by Crippen LogP contribution is -2.33. The molecule has 41 heavy (non-hydrogen) atoms. The zero-order chi connectivity index (χ0) is 31.2. The van der Waals surface area contributed by atoms with Crippen LogP contribution >= 0.6 is 0 Å². The van der Waals surface area contributed by atoms with Gasteiger partial charge in [0.05, 0.1) is 35.6 Å². The fourth-order valence-electron chi connectivity index (χ4n) is 5.29. The Morgan fingerprint density at radius 3 is 2.71 bits per heavy atom. The summed E-state index contributed by atoms with van der Waals surface area (Å²) >= 11 is 0. The molecule has 0 unspecified atom stereocenters. The van der Waals surface area contributed by atoms with E-state index in [0.29, 0.717) is 60.7 Å². The van der Waals surface area contributed by atoms with Gasteiger partial charge in [0.15, 0.2) is 11.5 Å². The fraction of sp³-hybridized carbons (Fsp3) is 0.321. The zero-order valence-electron chi connectivity index (χ0n) is 24.9. The number of hydrogen-bond acceptors (Lipinski definition) is 9. The molecule has 2 aliphatic rings. The monoisotopic (exact) mass is 563 g/mol. The maximum atomic E-state index is 13.5. The number of hydrogen-bond donors (Lipinski definition) is 3. The highest BCUT2D eigenvalue weighted by atomic mass is 16.6. The van der Waals surface area contributed by atoms with Gasteiger partial charge in [-0.3, -0.25) is 9.13 Å². The number of nitrogens with zero attached hydrogens (tertiary/aromatic N) is 4. The number of ether oxygens (including phenoxy) is 3. The maximum absolute atomic E-state index is 13.5. The number of carbonyl (C=O) groups is 2. The molecule has 0 bridgehead atoms. The van der Waals surface area contributed by atoms with Crippen LogP contribution in [0.2, 0.25) is 0 Å². The second-order valence-corrected chi connectivity index (χ2v) is 9.76. The first-order valence-electron chi connectivity index (χ1n) is 14.4. The molecule has 212 valence electrons. The second-order valence-electron chi connectivity index (χ2n) is 9.76. The van der Waals surface area contributed by atoms with E-state index in [1.165, 1.54) is 36.1 Å². The normalized spacial score (nSPS) is 19.2. The highest BCUT2D eigenvalue weighted by molar-refractivity contribution is 5.90. The van der Waals surface area contributed by atoms with E-state index >= 15 is 0 Å². The smallest absolute Gasteiger partial charge is 0.407 e. The van der Waals surface area contributed by atoms with Crippen LogP contribution in [-0.2, 0) is 11.7 Å². The molecule has 13 nitrogen and oxygen atoms in total. The van der Waals surface area contributed by atoms with Crippen LogP contribution in [0, 0.1) is 0 Å². The Hall–Kier alpha value is -5.07. The molecule has 1 aliphatic heterocycles. The number of nitrogens with one attached hydrogen (secondary N) is 2. The highest BCUT2D eigenvalue weighted by Crippen LogP contribution is 2.35. The fourth-order valence-corrected chi connectivity index (χ4v) is 5.29. The van der Waals surface area contributed by atoms with Crippen LogP contribution in [0.25, 0.3) is 22.3 Å². The molecular weight excluding hydrogens is 532 g/mol. The van der Waals surface area contributed by atoms with Gasteiger partial charge in [-0.05, 0) is 49.6 Å². The summed E-state index contributed by atoms with van der Waals surface area (Å²) in [7, 11) is 1.26. The van der Waals surface area contributed by atoms with E-state index in [1.807, 2.05) is 0 Å². The minimum absolute atomic E-state index is 0.0333. The SMILES string of the molecule is [2H]C([2H])([2H])n1c(=O)n([C@@H]2CC[C@@H](NC(=O)OC)C2)c2cc(Nc3cc(C(=O)O)cc(-c4ccc5c(c4)OCCO5)n3)ncc21. The van der Waals surface area contributed by atoms with Crippen molar-refractivity contribution in [3.63, 3.8) is 0 Å². The number of amides is 1. The van der Waals surface area contributed by atoms with E-state index in [2.05, 4.69) is 25.3 Å². The molecule has 0 spiro atoms. The molecule has 4 aromatic rings. The average molecular weight is 564 g/mol.